The van der Waals surface area contributed by atoms with Crippen molar-refractivity contribution in [1.29, 1.82) is 0 Å². The van der Waals surface area contributed by atoms with Crippen LogP contribution >= 0.6 is 23.2 Å². The molecule has 0 saturated heterocycles. The van der Waals surface area contributed by atoms with Gasteiger partial charge in [0.25, 0.3) is 0 Å². The first kappa shape index (κ1) is 32.4. The van der Waals surface area contributed by atoms with E-state index < -0.39 is 25.7 Å². The third-order valence-electron chi connectivity index (χ3n) is 7.85. The third-order valence-corrected chi connectivity index (χ3v) is 26.3. The van der Waals surface area contributed by atoms with Crippen LogP contribution in [0.4, 0.5) is 0 Å². The Balaban J connectivity index is 1.99. The van der Waals surface area contributed by atoms with Crippen LogP contribution in [-0.2, 0) is 4.57 Å². The predicted octanol–water partition coefficient (Wildman–Crippen LogP) is 10.4. The fourth-order valence-electron chi connectivity index (χ4n) is 5.46. The molecular weight excluding hydrogens is 668 g/mol. The van der Waals surface area contributed by atoms with Crippen LogP contribution in [0.15, 0.2) is 102 Å². The molecule has 3 rings (SSSR count). The van der Waals surface area contributed by atoms with E-state index in [0.717, 1.165) is 20.6 Å². The van der Waals surface area contributed by atoms with Crippen molar-refractivity contribution < 1.29 is 4.57 Å². The number of rotatable bonds is 17. The van der Waals surface area contributed by atoms with E-state index in [1.54, 1.807) is 0 Å². The molecule has 1 atom stereocenters. The van der Waals surface area contributed by atoms with Gasteiger partial charge in [-0.15, -0.1) is 0 Å². The number of halogens is 1. The van der Waals surface area contributed by atoms with E-state index in [1.807, 2.05) is 60.7 Å². The van der Waals surface area contributed by atoms with Crippen molar-refractivity contribution in [2.45, 2.75) is 83.1 Å². The van der Waals surface area contributed by atoms with Crippen LogP contribution in [-0.4, -0.2) is 18.4 Å². The van der Waals surface area contributed by atoms with E-state index in [4.69, 9.17) is 0 Å². The molecule has 0 fully saturated rings. The van der Waals surface area contributed by atoms with Gasteiger partial charge >= 0.3 is 252 Å². The van der Waals surface area contributed by atoms with Crippen molar-refractivity contribution in [2.75, 3.05) is 0 Å². The molecule has 0 aliphatic rings. The van der Waals surface area contributed by atoms with Gasteiger partial charge in [0.15, 0.2) is 0 Å². The molecule has 1 unspecified atom stereocenters. The average molecular weight is 715 g/mol. The molecule has 5 heteroatoms. The van der Waals surface area contributed by atoms with Gasteiger partial charge in [0.1, 0.15) is 0 Å². The molecule has 39 heavy (non-hydrogen) atoms. The summed E-state index contributed by atoms with van der Waals surface area (Å²) in [6.45, 7) is 7.01. The third kappa shape index (κ3) is 9.73. The van der Waals surface area contributed by atoms with Gasteiger partial charge in [-0.05, 0) is 0 Å². The van der Waals surface area contributed by atoms with E-state index in [1.165, 1.54) is 56.3 Å². The van der Waals surface area contributed by atoms with E-state index in [0.29, 0.717) is 0 Å². The van der Waals surface area contributed by atoms with Crippen LogP contribution in [0.2, 0.25) is 17.7 Å². The fraction of sp³-hybridized carbons (Fsp3) is 0.412. The zero-order chi connectivity index (χ0) is 28.0. The summed E-state index contributed by atoms with van der Waals surface area (Å²) in [5, 5.41) is 5.37. The Bertz CT molecular complexity index is 1100. The molecule has 0 spiro atoms. The molecule has 3 aromatic carbocycles. The number of unbranched alkanes of at least 4 members (excludes halogenated alkanes) is 3. The van der Waals surface area contributed by atoms with Crippen molar-refractivity contribution in [2.24, 2.45) is 0 Å². The second kappa shape index (κ2) is 17.0. The molecule has 0 aliphatic carbocycles. The van der Waals surface area contributed by atoms with Crippen molar-refractivity contribution in [3.05, 3.63) is 107 Å². The summed E-state index contributed by atoms with van der Waals surface area (Å²) in [5.41, 5.74) is 1.14. The second-order valence-electron chi connectivity index (χ2n) is 10.9. The van der Waals surface area contributed by atoms with Gasteiger partial charge in [-0.1, -0.05) is 0 Å². The number of hydrogen-bond acceptors (Lipinski definition) is 1. The van der Waals surface area contributed by atoms with Gasteiger partial charge in [-0.2, -0.15) is 0 Å². The summed E-state index contributed by atoms with van der Waals surface area (Å²) in [6, 6.07) is 28.2. The van der Waals surface area contributed by atoms with Crippen molar-refractivity contribution in [3.63, 3.8) is 0 Å². The van der Waals surface area contributed by atoms with E-state index >= 15 is 0 Å². The van der Waals surface area contributed by atoms with Crippen molar-refractivity contribution >= 4 is 52.2 Å². The first-order valence-corrected chi connectivity index (χ1v) is 25.4. The SMILES string of the molecule is CCC[CH2][Sn]([CH2]/C=C/C(NP(=O)(c1ccccc1)c1ccccc1)c1ccc(Br)cc1)([CH2]CCC)[CH2]CCC. The summed E-state index contributed by atoms with van der Waals surface area (Å²) in [6.07, 6.45) is 12.8. The Morgan fingerprint density at radius 1 is 0.744 bits per heavy atom. The quantitative estimate of drug-likeness (QED) is 0.0857. The minimum absolute atomic E-state index is 0.142. The summed E-state index contributed by atoms with van der Waals surface area (Å²) in [7, 11) is -3.09. The van der Waals surface area contributed by atoms with E-state index in [-0.39, 0.29) is 6.04 Å². The maximum absolute atomic E-state index is 14.9. The van der Waals surface area contributed by atoms with Crippen LogP contribution in [0.3, 0.4) is 0 Å². The molecule has 0 radical (unpaired) electrons. The number of nitrogens with one attached hydrogen (secondary N) is 1. The van der Waals surface area contributed by atoms with E-state index in [9.17, 15) is 4.57 Å². The zero-order valence-electron chi connectivity index (χ0n) is 24.1. The summed E-state index contributed by atoms with van der Waals surface area (Å²) >= 11 is 1.28. The number of hydrogen-bond donors (Lipinski definition) is 1. The summed E-state index contributed by atoms with van der Waals surface area (Å²) < 4.78 is 21.7. The van der Waals surface area contributed by atoms with Crippen LogP contribution in [0.5, 0.6) is 0 Å². The minimum atomic E-state index is -3.09. The topological polar surface area (TPSA) is 29.1 Å². The van der Waals surface area contributed by atoms with Crippen LogP contribution in [0.25, 0.3) is 0 Å². The molecular formula is C34H47BrNOPSn. The summed E-state index contributed by atoms with van der Waals surface area (Å²) in [4.78, 5) is 0. The Kier molecular flexibility index (Phi) is 14.1. The Hall–Kier alpha value is -1.13. The summed E-state index contributed by atoms with van der Waals surface area (Å²) in [5.74, 6) is 0. The first-order chi connectivity index (χ1) is 19.0. The van der Waals surface area contributed by atoms with Crippen LogP contribution < -0.4 is 15.7 Å². The van der Waals surface area contributed by atoms with Crippen LogP contribution in [0.1, 0.15) is 70.9 Å². The van der Waals surface area contributed by atoms with Gasteiger partial charge in [-0.25, -0.2) is 0 Å². The molecule has 0 bridgehead atoms. The van der Waals surface area contributed by atoms with Crippen molar-refractivity contribution in [1.82, 2.24) is 5.09 Å². The standard InChI is InChI=1S/C22H20BrNOP.3C4H9.Sn/c1-2-9-22(18-14-16-19(23)17-15-18)24-26(25,20-10-5-3-6-11-20)21-12-7-4-8-13-21;3*1-3-4-2;/h2-17,22H,1H2,(H,24,25);3*1,3-4H2,2H3;/b9-2+;;;;. The second-order valence-corrected chi connectivity index (χ2v) is 28.3. The zero-order valence-corrected chi connectivity index (χ0v) is 29.5. The monoisotopic (exact) mass is 715 g/mol. The van der Waals surface area contributed by atoms with Gasteiger partial charge in [0.2, 0.25) is 0 Å². The number of allylic oxidation sites excluding steroid dienone is 1. The van der Waals surface area contributed by atoms with Gasteiger partial charge in [0.05, 0.1) is 0 Å². The molecule has 2 nitrogen and oxygen atoms in total. The van der Waals surface area contributed by atoms with Gasteiger partial charge < -0.3 is 0 Å². The van der Waals surface area contributed by atoms with Gasteiger partial charge in [-0.3, -0.25) is 0 Å². The molecule has 0 aliphatic heterocycles. The number of benzene rings is 3. The first-order valence-electron chi connectivity index (χ1n) is 14.9. The molecule has 0 aromatic heterocycles. The Morgan fingerprint density at radius 2 is 1.21 bits per heavy atom. The van der Waals surface area contributed by atoms with Crippen LogP contribution in [0, 0.1) is 0 Å². The van der Waals surface area contributed by atoms with Gasteiger partial charge in [0, 0.05) is 0 Å². The maximum atomic E-state index is 14.9. The molecule has 0 saturated carbocycles. The molecule has 3 aromatic rings. The molecule has 0 heterocycles. The molecule has 0 amide bonds. The normalized spacial score (nSPS) is 13.1. The predicted molar refractivity (Wildman–Crippen MR) is 179 cm³/mol. The Morgan fingerprint density at radius 3 is 1.64 bits per heavy atom. The Labute approximate surface area is 250 Å². The van der Waals surface area contributed by atoms with E-state index in [2.05, 4.69) is 78.2 Å². The van der Waals surface area contributed by atoms with Crippen molar-refractivity contribution in [3.8, 4) is 0 Å². The molecule has 210 valence electrons. The fourth-order valence-corrected chi connectivity index (χ4v) is 23.3. The average Bonchev–Trinajstić information content (AvgIpc) is 2.98. The molecule has 1 N–H and O–H groups in total.